The molecular formula is C13H21NO4. The Morgan fingerprint density at radius 2 is 2.17 bits per heavy atom. The van der Waals surface area contributed by atoms with E-state index >= 15 is 0 Å². The van der Waals surface area contributed by atoms with E-state index in [1.165, 1.54) is 0 Å². The van der Waals surface area contributed by atoms with Gasteiger partial charge in [0.15, 0.2) is 12.0 Å². The van der Waals surface area contributed by atoms with E-state index in [9.17, 15) is 4.79 Å². The molecule has 102 valence electrons. The summed E-state index contributed by atoms with van der Waals surface area (Å²) in [6.07, 6.45) is 0.710. The highest BCUT2D eigenvalue weighted by molar-refractivity contribution is 5.70. The molecule has 1 heterocycles. The molecule has 1 atom stereocenters. The second kappa shape index (κ2) is 8.02. The number of nitrogens with zero attached hydrogens (tertiary/aromatic N) is 1. The summed E-state index contributed by atoms with van der Waals surface area (Å²) in [5, 5.41) is 0. The van der Waals surface area contributed by atoms with Crippen LogP contribution in [0.4, 0.5) is 0 Å². The van der Waals surface area contributed by atoms with E-state index in [1.54, 1.807) is 20.3 Å². The van der Waals surface area contributed by atoms with Crippen LogP contribution in [0.5, 0.6) is 0 Å². The van der Waals surface area contributed by atoms with Gasteiger partial charge in [0.1, 0.15) is 5.76 Å². The van der Waals surface area contributed by atoms with Crippen LogP contribution < -0.4 is 0 Å². The third-order valence-corrected chi connectivity index (χ3v) is 2.77. The molecular weight excluding hydrogens is 234 g/mol. The monoisotopic (exact) mass is 255 g/mol. The topological polar surface area (TPSA) is 51.9 Å². The second-order valence-corrected chi connectivity index (χ2v) is 4.19. The van der Waals surface area contributed by atoms with E-state index in [2.05, 4.69) is 11.8 Å². The van der Waals surface area contributed by atoms with Crippen molar-refractivity contribution in [2.75, 3.05) is 34.0 Å². The molecule has 1 unspecified atom stereocenters. The predicted molar refractivity (Wildman–Crippen MR) is 67.7 cm³/mol. The minimum atomic E-state index is 0.259. The van der Waals surface area contributed by atoms with Crippen molar-refractivity contribution in [2.45, 2.75) is 19.5 Å². The van der Waals surface area contributed by atoms with Crippen molar-refractivity contribution in [3.8, 4) is 0 Å². The van der Waals surface area contributed by atoms with Gasteiger partial charge in [0, 0.05) is 26.8 Å². The second-order valence-electron chi connectivity index (χ2n) is 4.19. The van der Waals surface area contributed by atoms with Crippen molar-refractivity contribution < 1.29 is 18.7 Å². The first kappa shape index (κ1) is 14.9. The van der Waals surface area contributed by atoms with Gasteiger partial charge in [-0.1, -0.05) is 0 Å². The third-order valence-electron chi connectivity index (χ3n) is 2.77. The van der Waals surface area contributed by atoms with Gasteiger partial charge in [-0.3, -0.25) is 9.69 Å². The van der Waals surface area contributed by atoms with E-state index in [4.69, 9.17) is 13.9 Å². The molecule has 0 saturated carbocycles. The quantitative estimate of drug-likeness (QED) is 0.627. The number of hydrogen-bond donors (Lipinski definition) is 0. The smallest absolute Gasteiger partial charge is 0.185 e. The lowest BCUT2D eigenvalue weighted by molar-refractivity contribution is 0.0660. The maximum Gasteiger partial charge on any atom is 0.185 e. The van der Waals surface area contributed by atoms with Crippen molar-refractivity contribution in [3.05, 3.63) is 23.7 Å². The molecule has 0 aromatic carbocycles. The fourth-order valence-corrected chi connectivity index (χ4v) is 1.75. The molecule has 0 radical (unpaired) electrons. The Kier molecular flexibility index (Phi) is 6.64. The van der Waals surface area contributed by atoms with Gasteiger partial charge in [0.25, 0.3) is 0 Å². The number of hydrogen-bond acceptors (Lipinski definition) is 5. The van der Waals surface area contributed by atoms with Gasteiger partial charge in [0.05, 0.1) is 19.8 Å². The van der Waals surface area contributed by atoms with E-state index in [1.807, 2.05) is 6.07 Å². The SMILES string of the molecule is COCCN(Cc1ccc(C=O)o1)C(C)COC. The van der Waals surface area contributed by atoms with Crippen molar-refractivity contribution >= 4 is 6.29 Å². The summed E-state index contributed by atoms with van der Waals surface area (Å²) >= 11 is 0. The number of carbonyl (C=O) groups excluding carboxylic acids is 1. The van der Waals surface area contributed by atoms with Gasteiger partial charge in [-0.2, -0.15) is 0 Å². The zero-order valence-corrected chi connectivity index (χ0v) is 11.2. The molecule has 0 aliphatic heterocycles. The Bertz CT molecular complexity index is 351. The molecule has 18 heavy (non-hydrogen) atoms. The molecule has 0 saturated heterocycles. The number of carbonyl (C=O) groups is 1. The summed E-state index contributed by atoms with van der Waals surface area (Å²) in [5.74, 6) is 1.13. The van der Waals surface area contributed by atoms with E-state index in [0.29, 0.717) is 31.8 Å². The van der Waals surface area contributed by atoms with Gasteiger partial charge < -0.3 is 13.9 Å². The first-order valence-corrected chi connectivity index (χ1v) is 5.97. The van der Waals surface area contributed by atoms with E-state index in [0.717, 1.165) is 12.3 Å². The van der Waals surface area contributed by atoms with Gasteiger partial charge in [-0.25, -0.2) is 0 Å². The van der Waals surface area contributed by atoms with Gasteiger partial charge in [-0.15, -0.1) is 0 Å². The third kappa shape index (κ3) is 4.60. The number of methoxy groups -OCH3 is 2. The summed E-state index contributed by atoms with van der Waals surface area (Å²) in [4.78, 5) is 12.8. The molecule has 0 aliphatic carbocycles. The average molecular weight is 255 g/mol. The Morgan fingerprint density at radius 1 is 1.39 bits per heavy atom. The highest BCUT2D eigenvalue weighted by Gasteiger charge is 2.15. The van der Waals surface area contributed by atoms with E-state index in [-0.39, 0.29) is 6.04 Å². The fraction of sp³-hybridized carbons (Fsp3) is 0.615. The highest BCUT2D eigenvalue weighted by atomic mass is 16.5. The van der Waals surface area contributed by atoms with Crippen molar-refractivity contribution in [3.63, 3.8) is 0 Å². The van der Waals surface area contributed by atoms with Gasteiger partial charge in [-0.05, 0) is 19.1 Å². The Morgan fingerprint density at radius 3 is 2.72 bits per heavy atom. The summed E-state index contributed by atoms with van der Waals surface area (Å²) in [5.41, 5.74) is 0. The van der Waals surface area contributed by atoms with Crippen LogP contribution in [0.25, 0.3) is 0 Å². The van der Waals surface area contributed by atoms with Crippen LogP contribution in [0.1, 0.15) is 23.2 Å². The normalized spacial score (nSPS) is 12.9. The highest BCUT2D eigenvalue weighted by Crippen LogP contribution is 2.11. The molecule has 5 nitrogen and oxygen atoms in total. The average Bonchev–Trinajstić information content (AvgIpc) is 2.82. The molecule has 0 N–H and O–H groups in total. The van der Waals surface area contributed by atoms with Crippen LogP contribution in [0, 0.1) is 0 Å². The van der Waals surface area contributed by atoms with Crippen LogP contribution in [0.15, 0.2) is 16.5 Å². The molecule has 1 aromatic rings. The summed E-state index contributed by atoms with van der Waals surface area (Å²) in [7, 11) is 3.36. The molecule has 1 aromatic heterocycles. The Balaban J connectivity index is 2.61. The standard InChI is InChI=1S/C13H21NO4/c1-11(10-17-3)14(6-7-16-2)8-12-4-5-13(9-15)18-12/h4-5,9,11H,6-8,10H2,1-3H3. The van der Waals surface area contributed by atoms with Crippen molar-refractivity contribution in [1.29, 1.82) is 0 Å². The van der Waals surface area contributed by atoms with Gasteiger partial charge in [0.2, 0.25) is 0 Å². The number of furan rings is 1. The molecule has 0 fully saturated rings. The van der Waals surface area contributed by atoms with E-state index < -0.39 is 0 Å². The molecule has 5 heteroatoms. The number of ether oxygens (including phenoxy) is 2. The first-order valence-electron chi connectivity index (χ1n) is 5.97. The lowest BCUT2D eigenvalue weighted by Crippen LogP contribution is -2.37. The largest absolute Gasteiger partial charge is 0.457 e. The molecule has 0 aliphatic rings. The molecule has 0 bridgehead atoms. The van der Waals surface area contributed by atoms with Crippen LogP contribution in [0.2, 0.25) is 0 Å². The summed E-state index contributed by atoms with van der Waals surface area (Å²) in [6, 6.07) is 3.76. The Labute approximate surface area is 108 Å². The zero-order valence-electron chi connectivity index (χ0n) is 11.2. The first-order chi connectivity index (χ1) is 8.71. The van der Waals surface area contributed by atoms with Crippen LogP contribution in [0.3, 0.4) is 0 Å². The number of aldehydes is 1. The molecule has 0 spiro atoms. The zero-order chi connectivity index (χ0) is 13.4. The van der Waals surface area contributed by atoms with Crippen LogP contribution >= 0.6 is 0 Å². The Hall–Kier alpha value is -1.17. The van der Waals surface area contributed by atoms with Crippen molar-refractivity contribution in [2.24, 2.45) is 0 Å². The summed E-state index contributed by atoms with van der Waals surface area (Å²) < 4.78 is 15.6. The fourth-order valence-electron chi connectivity index (χ4n) is 1.75. The lowest BCUT2D eigenvalue weighted by Gasteiger charge is -2.27. The predicted octanol–water partition coefficient (Wildman–Crippen LogP) is 1.58. The molecule has 0 amide bonds. The maximum atomic E-state index is 10.6. The number of rotatable bonds is 9. The van der Waals surface area contributed by atoms with Gasteiger partial charge >= 0.3 is 0 Å². The molecule has 1 rings (SSSR count). The summed E-state index contributed by atoms with van der Waals surface area (Å²) in [6.45, 7) is 4.81. The minimum Gasteiger partial charge on any atom is -0.457 e. The van der Waals surface area contributed by atoms with Crippen LogP contribution in [-0.2, 0) is 16.0 Å². The van der Waals surface area contributed by atoms with Crippen molar-refractivity contribution in [1.82, 2.24) is 4.90 Å². The lowest BCUT2D eigenvalue weighted by atomic mass is 10.2. The minimum absolute atomic E-state index is 0.259. The van der Waals surface area contributed by atoms with Crippen LogP contribution in [-0.4, -0.2) is 51.2 Å². The maximum absolute atomic E-state index is 10.6.